The van der Waals surface area contributed by atoms with Crippen LogP contribution in [0.5, 0.6) is 11.5 Å². The molecule has 0 aliphatic carbocycles. The monoisotopic (exact) mass is 558 g/mol. The molecule has 2 amide bonds. The third-order valence-corrected chi connectivity index (χ3v) is 8.52. The molecule has 3 aromatic carbocycles. The number of urea groups is 1. The van der Waals surface area contributed by atoms with Crippen LogP contribution < -0.4 is 10.6 Å². The van der Waals surface area contributed by atoms with E-state index in [4.69, 9.17) is 0 Å². The molecule has 0 fully saturated rings. The minimum atomic E-state index is -0.642. The van der Waals surface area contributed by atoms with E-state index in [9.17, 15) is 15.0 Å². The second kappa shape index (κ2) is 11.1. The van der Waals surface area contributed by atoms with Gasteiger partial charge in [0.25, 0.3) is 0 Å². The fourth-order valence-corrected chi connectivity index (χ4v) is 5.70. The minimum Gasteiger partial charge on any atom is -0.507 e. The molecule has 5 heteroatoms. The molecule has 0 atom stereocenters. The number of nitrogens with one attached hydrogen (secondary N) is 2. The average molecular weight is 559 g/mol. The third kappa shape index (κ3) is 6.89. The predicted octanol–water partition coefficient (Wildman–Crippen LogP) is 9.50. The van der Waals surface area contributed by atoms with Crippen molar-refractivity contribution >= 4 is 17.4 Å². The Kier molecular flexibility index (Phi) is 8.66. The van der Waals surface area contributed by atoms with Gasteiger partial charge in [0.15, 0.2) is 0 Å². The van der Waals surface area contributed by atoms with Gasteiger partial charge in [0, 0.05) is 38.9 Å². The molecular formula is C36H50N2O3. The van der Waals surface area contributed by atoms with Crippen LogP contribution in [0.3, 0.4) is 0 Å². The van der Waals surface area contributed by atoms with Gasteiger partial charge in [-0.15, -0.1) is 0 Å². The Balaban J connectivity index is 2.13. The van der Waals surface area contributed by atoms with Gasteiger partial charge in [-0.3, -0.25) is 0 Å². The highest BCUT2D eigenvalue weighted by Crippen LogP contribution is 2.52. The summed E-state index contributed by atoms with van der Waals surface area (Å²) in [4.78, 5) is 13.0. The normalized spacial score (nSPS) is 12.8. The van der Waals surface area contributed by atoms with Crippen molar-refractivity contribution in [1.82, 2.24) is 0 Å². The van der Waals surface area contributed by atoms with E-state index >= 15 is 0 Å². The Morgan fingerprint density at radius 2 is 1.22 bits per heavy atom. The van der Waals surface area contributed by atoms with Gasteiger partial charge >= 0.3 is 6.03 Å². The fraction of sp³-hybridized carbons (Fsp3) is 0.472. The van der Waals surface area contributed by atoms with E-state index in [0.717, 1.165) is 27.8 Å². The van der Waals surface area contributed by atoms with Crippen molar-refractivity contribution in [2.75, 3.05) is 10.6 Å². The lowest BCUT2D eigenvalue weighted by Gasteiger charge is -2.44. The molecular weight excluding hydrogens is 508 g/mol. The lowest BCUT2D eigenvalue weighted by molar-refractivity contribution is 0.262. The molecule has 3 aromatic rings. The third-order valence-electron chi connectivity index (χ3n) is 8.52. The smallest absolute Gasteiger partial charge is 0.323 e. The Labute approximate surface area is 247 Å². The van der Waals surface area contributed by atoms with Crippen molar-refractivity contribution in [1.29, 1.82) is 0 Å². The Hall–Kier alpha value is -3.47. The first-order valence-electron chi connectivity index (χ1n) is 14.5. The number of phenolic OH excluding ortho intramolecular Hbond substituents is 2. The molecule has 5 nitrogen and oxygen atoms in total. The van der Waals surface area contributed by atoms with Crippen LogP contribution in [0.15, 0.2) is 48.5 Å². The number of aromatic hydroxyl groups is 2. The van der Waals surface area contributed by atoms with E-state index in [1.54, 1.807) is 0 Å². The Bertz CT molecular complexity index is 1420. The van der Waals surface area contributed by atoms with E-state index in [1.165, 1.54) is 0 Å². The zero-order valence-corrected chi connectivity index (χ0v) is 27.1. The molecule has 3 rings (SSSR count). The lowest BCUT2D eigenvalue weighted by atomic mass is 9.59. The number of aryl methyl sites for hydroxylation is 2. The molecule has 0 spiro atoms. The van der Waals surface area contributed by atoms with Gasteiger partial charge in [-0.25, -0.2) is 4.79 Å². The number of rotatable bonds is 6. The second-order valence-corrected chi connectivity index (χ2v) is 14.9. The summed E-state index contributed by atoms with van der Waals surface area (Å²) in [6.45, 7) is 25.1. The van der Waals surface area contributed by atoms with E-state index in [-0.39, 0.29) is 22.6 Å². The van der Waals surface area contributed by atoms with Crippen molar-refractivity contribution in [3.05, 3.63) is 81.9 Å². The highest BCUT2D eigenvalue weighted by atomic mass is 16.3. The highest BCUT2D eigenvalue weighted by Gasteiger charge is 2.44. The van der Waals surface area contributed by atoms with Crippen LogP contribution in [-0.4, -0.2) is 16.2 Å². The summed E-state index contributed by atoms with van der Waals surface area (Å²) in [7, 11) is 0. The predicted molar refractivity (Wildman–Crippen MR) is 173 cm³/mol. The highest BCUT2D eigenvalue weighted by molar-refractivity contribution is 6.00. The average Bonchev–Trinajstić information content (AvgIpc) is 2.80. The zero-order chi connectivity index (χ0) is 31.1. The van der Waals surface area contributed by atoms with Crippen LogP contribution >= 0.6 is 0 Å². The van der Waals surface area contributed by atoms with E-state index in [1.807, 2.05) is 56.3 Å². The Morgan fingerprint density at radius 1 is 0.683 bits per heavy atom. The van der Waals surface area contributed by atoms with E-state index < -0.39 is 10.8 Å². The molecule has 222 valence electrons. The van der Waals surface area contributed by atoms with Gasteiger partial charge in [0.1, 0.15) is 11.5 Å². The number of benzene rings is 3. The van der Waals surface area contributed by atoms with E-state index in [0.29, 0.717) is 29.1 Å². The molecule has 0 aliphatic heterocycles. The largest absolute Gasteiger partial charge is 0.507 e. The summed E-state index contributed by atoms with van der Waals surface area (Å²) in [5, 5.41) is 29.3. The van der Waals surface area contributed by atoms with Gasteiger partial charge in [-0.1, -0.05) is 99.1 Å². The van der Waals surface area contributed by atoms with Gasteiger partial charge in [-0.05, 0) is 66.5 Å². The molecule has 0 saturated heterocycles. The minimum absolute atomic E-state index is 0.0893. The van der Waals surface area contributed by atoms with Gasteiger partial charge in [0.05, 0.1) is 0 Å². The van der Waals surface area contributed by atoms with Crippen LogP contribution in [0.1, 0.15) is 103 Å². The maximum atomic E-state index is 13.0. The van der Waals surface area contributed by atoms with E-state index in [2.05, 4.69) is 85.9 Å². The summed E-state index contributed by atoms with van der Waals surface area (Å²) < 4.78 is 0. The maximum absolute atomic E-state index is 13.0. The van der Waals surface area contributed by atoms with Crippen molar-refractivity contribution in [3.63, 3.8) is 0 Å². The summed E-state index contributed by atoms with van der Waals surface area (Å²) in [5.41, 5.74) is 5.15. The SMILES string of the molecule is Cc1ccc(NC(=O)Nc2cc(CC(C)(C)C)c(O)c(C(C)(C)C(C)(C)c3ccc(C)c(C(C)(C)C)c3O)c2)cc1. The summed E-state index contributed by atoms with van der Waals surface area (Å²) >= 11 is 0. The summed E-state index contributed by atoms with van der Waals surface area (Å²) in [5.74, 6) is 0.530. The topological polar surface area (TPSA) is 81.6 Å². The number of carbonyl (C=O) groups excluding carboxylic acids is 1. The Morgan fingerprint density at radius 3 is 1.76 bits per heavy atom. The molecule has 0 unspecified atom stereocenters. The van der Waals surface area contributed by atoms with Crippen molar-refractivity contribution in [2.45, 2.75) is 106 Å². The number of hydrogen-bond acceptors (Lipinski definition) is 3. The zero-order valence-electron chi connectivity index (χ0n) is 27.1. The first kappa shape index (κ1) is 32.0. The molecule has 4 N–H and O–H groups in total. The van der Waals surface area contributed by atoms with Crippen LogP contribution in [0.2, 0.25) is 0 Å². The molecule has 0 aromatic heterocycles. The first-order chi connectivity index (χ1) is 18.6. The van der Waals surface area contributed by atoms with Gasteiger partial charge < -0.3 is 20.8 Å². The maximum Gasteiger partial charge on any atom is 0.323 e. The van der Waals surface area contributed by atoms with Gasteiger partial charge in [-0.2, -0.15) is 0 Å². The summed E-state index contributed by atoms with van der Waals surface area (Å²) in [6.07, 6.45) is 0.626. The van der Waals surface area contributed by atoms with Crippen molar-refractivity contribution in [3.8, 4) is 11.5 Å². The van der Waals surface area contributed by atoms with Gasteiger partial charge in [0.2, 0.25) is 0 Å². The lowest BCUT2D eigenvalue weighted by Crippen LogP contribution is -2.41. The number of hydrogen-bond donors (Lipinski definition) is 4. The summed E-state index contributed by atoms with van der Waals surface area (Å²) in [6, 6.07) is 15.1. The number of amides is 2. The molecule has 0 bridgehead atoms. The quantitative estimate of drug-likeness (QED) is 0.227. The number of phenols is 2. The van der Waals surface area contributed by atoms with Crippen LogP contribution in [0, 0.1) is 19.3 Å². The molecule has 0 heterocycles. The second-order valence-electron chi connectivity index (χ2n) is 14.9. The molecule has 0 saturated carbocycles. The standard InChI is InChI=1S/C36H50N2O3/c1-22-13-16-25(17-14-22)37-32(41)38-26-19-24(21-33(3,4)5)30(39)28(20-26)36(11,12)35(9,10)27-18-15-23(2)29(31(27)40)34(6,7)8/h13-20,39-40H,21H2,1-12H3,(H2,37,38,41). The molecule has 0 aliphatic rings. The van der Waals surface area contributed by atoms with Crippen molar-refractivity contribution in [2.24, 2.45) is 5.41 Å². The molecule has 0 radical (unpaired) electrons. The first-order valence-corrected chi connectivity index (χ1v) is 14.5. The van der Waals surface area contributed by atoms with Crippen LogP contribution in [0.4, 0.5) is 16.2 Å². The number of carbonyl (C=O) groups is 1. The fourth-order valence-electron chi connectivity index (χ4n) is 5.70. The number of anilines is 2. The van der Waals surface area contributed by atoms with Crippen LogP contribution in [0.25, 0.3) is 0 Å². The molecule has 41 heavy (non-hydrogen) atoms. The van der Waals surface area contributed by atoms with Crippen molar-refractivity contribution < 1.29 is 15.0 Å². The van der Waals surface area contributed by atoms with Crippen LogP contribution in [-0.2, 0) is 22.7 Å².